The second-order valence-corrected chi connectivity index (χ2v) is 9.23. The third-order valence-corrected chi connectivity index (χ3v) is 6.33. The second kappa shape index (κ2) is 9.36. The zero-order chi connectivity index (χ0) is 24.3. The van der Waals surface area contributed by atoms with E-state index in [9.17, 15) is 22.8 Å². The van der Waals surface area contributed by atoms with Gasteiger partial charge in [0.1, 0.15) is 5.75 Å². The number of carbonyl (C=O) groups excluding carboxylic acids is 3. The minimum atomic E-state index is -3.94. The average Bonchev–Trinajstić information content (AvgIpc) is 2.83. The first-order valence-electron chi connectivity index (χ1n) is 10.2. The van der Waals surface area contributed by atoms with Crippen molar-refractivity contribution in [2.24, 2.45) is 0 Å². The SMILES string of the molecule is Cc1ccc(NS(=O)(=O)c2cccc(C(=O)OCC(=O)c3ccc4c(c3)NC(=O)CO4)c2)cc1. The van der Waals surface area contributed by atoms with Gasteiger partial charge in [0.25, 0.3) is 15.9 Å². The summed E-state index contributed by atoms with van der Waals surface area (Å²) in [5.41, 5.74) is 1.92. The average molecular weight is 480 g/mol. The van der Waals surface area contributed by atoms with Crippen LogP contribution in [0, 0.1) is 6.92 Å². The Morgan fingerprint density at radius 1 is 1.03 bits per heavy atom. The number of carbonyl (C=O) groups is 3. The van der Waals surface area contributed by atoms with E-state index in [1.54, 1.807) is 30.3 Å². The van der Waals surface area contributed by atoms with Crippen LogP contribution in [0.4, 0.5) is 11.4 Å². The van der Waals surface area contributed by atoms with Gasteiger partial charge >= 0.3 is 5.97 Å². The van der Waals surface area contributed by atoms with E-state index < -0.39 is 28.4 Å². The lowest BCUT2D eigenvalue weighted by Crippen LogP contribution is -2.25. The van der Waals surface area contributed by atoms with Crippen molar-refractivity contribution in [1.82, 2.24) is 0 Å². The molecule has 34 heavy (non-hydrogen) atoms. The van der Waals surface area contributed by atoms with Crippen LogP contribution in [0.15, 0.2) is 71.6 Å². The maximum absolute atomic E-state index is 12.7. The molecule has 0 radical (unpaired) electrons. The Labute approximate surface area is 195 Å². The van der Waals surface area contributed by atoms with Gasteiger partial charge in [-0.05, 0) is 55.5 Å². The van der Waals surface area contributed by atoms with Gasteiger partial charge in [-0.3, -0.25) is 14.3 Å². The molecule has 1 aliphatic heterocycles. The van der Waals surface area contributed by atoms with E-state index in [4.69, 9.17) is 9.47 Å². The van der Waals surface area contributed by atoms with Crippen molar-refractivity contribution in [3.63, 3.8) is 0 Å². The molecule has 3 aromatic rings. The van der Waals surface area contributed by atoms with Crippen molar-refractivity contribution in [1.29, 1.82) is 0 Å². The van der Waals surface area contributed by atoms with E-state index in [1.807, 2.05) is 6.92 Å². The zero-order valence-corrected chi connectivity index (χ0v) is 18.8. The number of sulfonamides is 1. The van der Waals surface area contributed by atoms with E-state index in [0.717, 1.165) is 5.56 Å². The second-order valence-electron chi connectivity index (χ2n) is 7.55. The minimum Gasteiger partial charge on any atom is -0.482 e. The molecular formula is C24H20N2O7S. The van der Waals surface area contributed by atoms with Crippen molar-refractivity contribution in [2.45, 2.75) is 11.8 Å². The van der Waals surface area contributed by atoms with Gasteiger partial charge in [0.05, 0.1) is 16.1 Å². The molecule has 1 amide bonds. The summed E-state index contributed by atoms with van der Waals surface area (Å²) in [5, 5.41) is 2.60. The Balaban J connectivity index is 1.42. The molecule has 9 nitrogen and oxygen atoms in total. The molecule has 0 saturated carbocycles. The number of hydrogen-bond acceptors (Lipinski definition) is 7. The molecule has 174 valence electrons. The van der Waals surface area contributed by atoms with E-state index in [2.05, 4.69) is 10.0 Å². The van der Waals surface area contributed by atoms with Crippen molar-refractivity contribution >= 4 is 39.1 Å². The van der Waals surface area contributed by atoms with Crippen LogP contribution in [0.3, 0.4) is 0 Å². The molecular weight excluding hydrogens is 460 g/mol. The lowest BCUT2D eigenvalue weighted by molar-refractivity contribution is -0.118. The number of hydrogen-bond donors (Lipinski definition) is 2. The largest absolute Gasteiger partial charge is 0.482 e. The van der Waals surface area contributed by atoms with Crippen LogP contribution in [0.5, 0.6) is 5.75 Å². The highest BCUT2D eigenvalue weighted by Crippen LogP contribution is 2.28. The van der Waals surface area contributed by atoms with Gasteiger partial charge in [-0.1, -0.05) is 23.8 Å². The minimum absolute atomic E-state index is 0.0225. The van der Waals surface area contributed by atoms with Crippen molar-refractivity contribution in [2.75, 3.05) is 23.3 Å². The predicted molar refractivity (Wildman–Crippen MR) is 124 cm³/mol. The molecule has 0 aromatic heterocycles. The fourth-order valence-corrected chi connectivity index (χ4v) is 4.28. The lowest BCUT2D eigenvalue weighted by Gasteiger charge is -2.18. The summed E-state index contributed by atoms with van der Waals surface area (Å²) in [7, 11) is -3.94. The molecule has 0 fully saturated rings. The van der Waals surface area contributed by atoms with Gasteiger partial charge in [-0.2, -0.15) is 0 Å². The monoisotopic (exact) mass is 480 g/mol. The third-order valence-electron chi connectivity index (χ3n) is 4.95. The van der Waals surface area contributed by atoms with Gasteiger partial charge in [-0.25, -0.2) is 13.2 Å². The van der Waals surface area contributed by atoms with Crippen LogP contribution in [-0.4, -0.2) is 39.3 Å². The normalized spacial score (nSPS) is 12.7. The van der Waals surface area contributed by atoms with Crippen LogP contribution in [0.1, 0.15) is 26.3 Å². The number of benzene rings is 3. The van der Waals surface area contributed by atoms with Gasteiger partial charge in [0.15, 0.2) is 19.0 Å². The first-order chi connectivity index (χ1) is 16.2. The molecule has 0 spiro atoms. The number of Topliss-reactive ketones (excluding diaryl/α,β-unsaturated/α-hetero) is 1. The van der Waals surface area contributed by atoms with Crippen LogP contribution >= 0.6 is 0 Å². The van der Waals surface area contributed by atoms with Crippen LogP contribution in [0.2, 0.25) is 0 Å². The fraction of sp³-hybridized carbons (Fsp3) is 0.125. The van der Waals surface area contributed by atoms with Gasteiger partial charge in [-0.15, -0.1) is 0 Å². The summed E-state index contributed by atoms with van der Waals surface area (Å²) in [6.07, 6.45) is 0. The Kier molecular flexibility index (Phi) is 6.33. The summed E-state index contributed by atoms with van der Waals surface area (Å²) >= 11 is 0. The van der Waals surface area contributed by atoms with Gasteiger partial charge < -0.3 is 14.8 Å². The molecule has 1 heterocycles. The molecule has 0 unspecified atom stereocenters. The summed E-state index contributed by atoms with van der Waals surface area (Å²) < 4.78 is 38.2. The van der Waals surface area contributed by atoms with Crippen molar-refractivity contribution < 1.29 is 32.3 Å². The Morgan fingerprint density at radius 3 is 2.56 bits per heavy atom. The Bertz CT molecular complexity index is 1380. The number of aryl methyl sites for hydroxylation is 1. The standard InChI is InChI=1S/C24H20N2O7S/c1-15-5-8-18(9-6-15)26-34(30,31)19-4-2-3-17(11-19)24(29)33-13-21(27)16-7-10-22-20(12-16)25-23(28)14-32-22/h2-12,26H,13-14H2,1H3,(H,25,28). The maximum Gasteiger partial charge on any atom is 0.338 e. The highest BCUT2D eigenvalue weighted by molar-refractivity contribution is 7.92. The van der Waals surface area contributed by atoms with Crippen LogP contribution < -0.4 is 14.8 Å². The van der Waals surface area contributed by atoms with Crippen molar-refractivity contribution in [3.8, 4) is 5.75 Å². The Morgan fingerprint density at radius 2 is 1.79 bits per heavy atom. The molecule has 1 aliphatic rings. The number of rotatable bonds is 7. The molecule has 10 heteroatoms. The summed E-state index contributed by atoms with van der Waals surface area (Å²) in [6, 6.07) is 16.6. The highest BCUT2D eigenvalue weighted by Gasteiger charge is 2.20. The van der Waals surface area contributed by atoms with E-state index in [-0.39, 0.29) is 28.5 Å². The summed E-state index contributed by atoms with van der Waals surface area (Å²) in [6.45, 7) is 1.22. The van der Waals surface area contributed by atoms with E-state index in [0.29, 0.717) is 17.1 Å². The summed E-state index contributed by atoms with van der Waals surface area (Å²) in [4.78, 5) is 36.3. The number of esters is 1. The van der Waals surface area contributed by atoms with Crippen LogP contribution in [0.25, 0.3) is 0 Å². The Hall–Kier alpha value is -4.18. The number of amides is 1. The maximum atomic E-state index is 12.7. The van der Waals surface area contributed by atoms with Gasteiger partial charge in [0.2, 0.25) is 0 Å². The van der Waals surface area contributed by atoms with Gasteiger partial charge in [0, 0.05) is 11.3 Å². The molecule has 4 rings (SSSR count). The molecule has 3 aromatic carbocycles. The van der Waals surface area contributed by atoms with Crippen LogP contribution in [-0.2, 0) is 19.6 Å². The smallest absolute Gasteiger partial charge is 0.338 e. The molecule has 0 atom stereocenters. The van der Waals surface area contributed by atoms with E-state index >= 15 is 0 Å². The first kappa shape index (κ1) is 23.0. The number of anilines is 2. The summed E-state index contributed by atoms with van der Waals surface area (Å²) in [5.74, 6) is -1.25. The molecule has 0 bridgehead atoms. The number of fused-ring (bicyclic) bond motifs is 1. The molecule has 2 N–H and O–H groups in total. The van der Waals surface area contributed by atoms with E-state index in [1.165, 1.54) is 36.4 Å². The number of ketones is 1. The molecule has 0 aliphatic carbocycles. The quantitative estimate of drug-likeness (QED) is 0.393. The topological polar surface area (TPSA) is 128 Å². The predicted octanol–water partition coefficient (Wildman–Crippen LogP) is 3.17. The zero-order valence-electron chi connectivity index (χ0n) is 18.0. The first-order valence-corrected chi connectivity index (χ1v) is 11.7. The van der Waals surface area contributed by atoms with Crippen molar-refractivity contribution in [3.05, 3.63) is 83.4 Å². The highest BCUT2D eigenvalue weighted by atomic mass is 32.2. The third kappa shape index (κ3) is 5.24. The number of nitrogens with one attached hydrogen (secondary N) is 2. The fourth-order valence-electron chi connectivity index (χ4n) is 3.18. The lowest BCUT2D eigenvalue weighted by atomic mass is 10.1. The molecule has 0 saturated heterocycles. The number of ether oxygens (including phenoxy) is 2.